The number of amides is 1. The normalized spacial score (nSPS) is 16.8. The molecule has 0 unspecified atom stereocenters. The second kappa shape index (κ2) is 8.53. The Balaban J connectivity index is 1.29. The van der Waals surface area contributed by atoms with E-state index < -0.39 is 11.7 Å². The summed E-state index contributed by atoms with van der Waals surface area (Å²) in [5, 5.41) is 15.2. The molecule has 180 valence electrons. The molecule has 1 aliphatic heterocycles. The molecule has 2 N–H and O–H groups in total. The van der Waals surface area contributed by atoms with Gasteiger partial charge in [-0.1, -0.05) is 0 Å². The highest BCUT2D eigenvalue weighted by Gasteiger charge is 2.29. The molecule has 1 aliphatic carbocycles. The first kappa shape index (κ1) is 21.8. The van der Waals surface area contributed by atoms with Crippen LogP contribution in [0.25, 0.3) is 16.6 Å². The molecule has 6 rings (SSSR count). The van der Waals surface area contributed by atoms with E-state index in [4.69, 9.17) is 0 Å². The van der Waals surface area contributed by atoms with Crippen LogP contribution in [0.15, 0.2) is 30.7 Å². The van der Waals surface area contributed by atoms with Crippen molar-refractivity contribution in [3.63, 3.8) is 0 Å². The third-order valence-electron chi connectivity index (χ3n) is 6.81. The molecule has 0 radical (unpaired) electrons. The molecule has 2 fully saturated rings. The van der Waals surface area contributed by atoms with Crippen LogP contribution in [0.2, 0.25) is 0 Å². The van der Waals surface area contributed by atoms with E-state index in [1.165, 1.54) is 18.9 Å². The number of imidazole rings is 1. The van der Waals surface area contributed by atoms with Crippen molar-refractivity contribution in [1.82, 2.24) is 29.9 Å². The molecule has 10 heteroatoms. The van der Waals surface area contributed by atoms with Crippen molar-refractivity contribution in [3.8, 4) is 0 Å². The van der Waals surface area contributed by atoms with E-state index in [2.05, 4.69) is 35.7 Å². The van der Waals surface area contributed by atoms with Gasteiger partial charge in [-0.25, -0.2) is 9.37 Å². The molecule has 1 aromatic carbocycles. The van der Waals surface area contributed by atoms with Crippen LogP contribution in [0.1, 0.15) is 47.4 Å². The lowest BCUT2D eigenvalue weighted by Crippen LogP contribution is -2.43. The predicted molar refractivity (Wildman–Crippen MR) is 131 cm³/mol. The summed E-state index contributed by atoms with van der Waals surface area (Å²) in [6.45, 7) is 5.38. The van der Waals surface area contributed by atoms with E-state index in [0.717, 1.165) is 43.0 Å². The number of carbonyl (C=O) groups excluding carboxylic acids is 1. The maximum Gasteiger partial charge on any atom is 0.262 e. The fraction of sp³-hybridized carbons (Fsp3) is 0.400. The first-order valence-electron chi connectivity index (χ1n) is 12.1. The van der Waals surface area contributed by atoms with Gasteiger partial charge >= 0.3 is 0 Å². The minimum absolute atomic E-state index is 0.134. The van der Waals surface area contributed by atoms with Crippen LogP contribution in [-0.2, 0) is 0 Å². The monoisotopic (exact) mass is 474 g/mol. The first-order chi connectivity index (χ1) is 17.0. The Morgan fingerprint density at radius 2 is 1.86 bits per heavy atom. The Labute approximate surface area is 201 Å². The Kier molecular flexibility index (Phi) is 5.32. The molecule has 0 spiro atoms. The van der Waals surface area contributed by atoms with Gasteiger partial charge in [-0.05, 0) is 51.7 Å². The minimum Gasteiger partial charge on any atom is -0.371 e. The highest BCUT2D eigenvalue weighted by Crippen LogP contribution is 2.33. The molecule has 3 aromatic heterocycles. The SMILES string of the molecule is Cc1cn2cc(NC(=O)c3c(F)cc(N4CCC(NC5CC5)CC4)c4ccnnc34)nc2c(C)n1. The van der Waals surface area contributed by atoms with E-state index in [9.17, 15) is 4.79 Å². The van der Waals surface area contributed by atoms with E-state index in [-0.39, 0.29) is 11.1 Å². The zero-order valence-electron chi connectivity index (χ0n) is 19.8. The molecular formula is C25H27FN8O. The third-order valence-corrected chi connectivity index (χ3v) is 6.81. The molecule has 0 atom stereocenters. The van der Waals surface area contributed by atoms with Crippen LogP contribution in [0.4, 0.5) is 15.9 Å². The van der Waals surface area contributed by atoms with Gasteiger partial charge < -0.3 is 19.9 Å². The van der Waals surface area contributed by atoms with Gasteiger partial charge in [0.15, 0.2) is 11.5 Å². The number of nitrogens with one attached hydrogen (secondary N) is 2. The molecule has 1 saturated carbocycles. The standard InChI is InChI=1S/C25H27FN8O/c1-14-12-34-13-21(30-24(34)15(2)28-14)31-25(35)22-19(26)11-20(18-5-8-27-32-23(18)22)33-9-6-17(7-10-33)29-16-3-4-16/h5,8,11-13,16-17,29H,3-4,6-7,9-10H2,1-2H3,(H,31,35). The number of hydrogen-bond acceptors (Lipinski definition) is 7. The summed E-state index contributed by atoms with van der Waals surface area (Å²) in [6.07, 6.45) is 9.63. The molecule has 2 aliphatic rings. The van der Waals surface area contributed by atoms with Crippen LogP contribution in [0.5, 0.6) is 0 Å². The smallest absolute Gasteiger partial charge is 0.262 e. The lowest BCUT2D eigenvalue weighted by molar-refractivity contribution is 0.102. The van der Waals surface area contributed by atoms with Crippen molar-refractivity contribution in [2.75, 3.05) is 23.3 Å². The van der Waals surface area contributed by atoms with E-state index >= 15 is 4.39 Å². The van der Waals surface area contributed by atoms with Gasteiger partial charge in [0, 0.05) is 42.4 Å². The average Bonchev–Trinajstić information content (AvgIpc) is 3.56. The number of fused-ring (bicyclic) bond motifs is 2. The van der Waals surface area contributed by atoms with Gasteiger partial charge in [0.2, 0.25) is 0 Å². The van der Waals surface area contributed by atoms with Crippen molar-refractivity contribution in [1.29, 1.82) is 0 Å². The van der Waals surface area contributed by atoms with Crippen LogP contribution in [-0.4, -0.2) is 55.6 Å². The Morgan fingerprint density at radius 3 is 2.63 bits per heavy atom. The lowest BCUT2D eigenvalue weighted by Gasteiger charge is -2.35. The number of rotatable bonds is 5. The zero-order chi connectivity index (χ0) is 24.1. The highest BCUT2D eigenvalue weighted by molar-refractivity contribution is 6.13. The van der Waals surface area contributed by atoms with Crippen molar-refractivity contribution in [2.45, 2.75) is 51.6 Å². The summed E-state index contributed by atoms with van der Waals surface area (Å²) in [4.78, 5) is 24.2. The second-order valence-corrected chi connectivity index (χ2v) is 9.53. The number of aryl methyl sites for hydroxylation is 2. The molecule has 0 bridgehead atoms. The largest absolute Gasteiger partial charge is 0.371 e. The summed E-state index contributed by atoms with van der Waals surface area (Å²) >= 11 is 0. The number of anilines is 2. The van der Waals surface area contributed by atoms with Gasteiger partial charge in [-0.15, -0.1) is 5.10 Å². The van der Waals surface area contributed by atoms with Crippen molar-refractivity contribution >= 4 is 34.0 Å². The summed E-state index contributed by atoms with van der Waals surface area (Å²) in [5.74, 6) is -0.921. The fourth-order valence-corrected chi connectivity index (χ4v) is 5.00. The molecule has 9 nitrogen and oxygen atoms in total. The quantitative estimate of drug-likeness (QED) is 0.457. The average molecular weight is 475 g/mol. The maximum absolute atomic E-state index is 15.5. The summed E-state index contributed by atoms with van der Waals surface area (Å²) in [6, 6.07) is 4.43. The summed E-state index contributed by atoms with van der Waals surface area (Å²) in [7, 11) is 0. The molecule has 4 heterocycles. The third kappa shape index (κ3) is 4.18. The highest BCUT2D eigenvalue weighted by atomic mass is 19.1. The molecular weight excluding hydrogens is 447 g/mol. The lowest BCUT2D eigenvalue weighted by atomic mass is 10.0. The van der Waals surface area contributed by atoms with E-state index in [1.54, 1.807) is 22.9 Å². The van der Waals surface area contributed by atoms with Crippen LogP contribution in [0, 0.1) is 19.7 Å². The van der Waals surface area contributed by atoms with E-state index in [0.29, 0.717) is 28.9 Å². The van der Waals surface area contributed by atoms with Crippen LogP contribution >= 0.6 is 0 Å². The van der Waals surface area contributed by atoms with Gasteiger partial charge in [-0.2, -0.15) is 5.10 Å². The molecule has 1 saturated heterocycles. The number of halogens is 1. The number of hydrogen-bond donors (Lipinski definition) is 2. The van der Waals surface area contributed by atoms with Gasteiger partial charge in [0.25, 0.3) is 5.91 Å². The number of piperidine rings is 1. The number of nitrogens with zero attached hydrogens (tertiary/aromatic N) is 6. The van der Waals surface area contributed by atoms with Crippen molar-refractivity contribution in [2.24, 2.45) is 0 Å². The van der Waals surface area contributed by atoms with Gasteiger partial charge in [0.05, 0.1) is 23.8 Å². The Bertz CT molecular complexity index is 1440. The Hall–Kier alpha value is -3.66. The topological polar surface area (TPSA) is 100 Å². The van der Waals surface area contributed by atoms with Gasteiger partial charge in [0.1, 0.15) is 16.9 Å². The van der Waals surface area contributed by atoms with Crippen LogP contribution in [0.3, 0.4) is 0 Å². The zero-order valence-corrected chi connectivity index (χ0v) is 19.8. The van der Waals surface area contributed by atoms with Crippen LogP contribution < -0.4 is 15.5 Å². The molecule has 35 heavy (non-hydrogen) atoms. The fourth-order valence-electron chi connectivity index (χ4n) is 5.00. The Morgan fingerprint density at radius 1 is 1.09 bits per heavy atom. The number of aromatic nitrogens is 5. The van der Waals surface area contributed by atoms with Gasteiger partial charge in [-0.3, -0.25) is 9.78 Å². The number of carbonyl (C=O) groups is 1. The van der Waals surface area contributed by atoms with Crippen molar-refractivity contribution in [3.05, 3.63) is 53.5 Å². The van der Waals surface area contributed by atoms with E-state index in [1.807, 2.05) is 20.0 Å². The maximum atomic E-state index is 15.5. The van der Waals surface area contributed by atoms with Crippen molar-refractivity contribution < 1.29 is 9.18 Å². The first-order valence-corrected chi connectivity index (χ1v) is 12.1. The predicted octanol–water partition coefficient (Wildman–Crippen LogP) is 3.40. The second-order valence-electron chi connectivity index (χ2n) is 9.53. The summed E-state index contributed by atoms with van der Waals surface area (Å²) in [5.41, 5.74) is 3.07. The molecule has 1 amide bonds. The molecule has 4 aromatic rings. The summed E-state index contributed by atoms with van der Waals surface area (Å²) < 4.78 is 17.3. The minimum atomic E-state index is -0.624. The number of benzene rings is 1.